The lowest BCUT2D eigenvalue weighted by Gasteiger charge is -2.20. The summed E-state index contributed by atoms with van der Waals surface area (Å²) in [6, 6.07) is 11.7. The van der Waals surface area contributed by atoms with Crippen molar-refractivity contribution in [2.75, 3.05) is 5.32 Å². The van der Waals surface area contributed by atoms with Crippen LogP contribution in [0.5, 0.6) is 0 Å². The molecule has 4 nitrogen and oxygen atoms in total. The van der Waals surface area contributed by atoms with Gasteiger partial charge in [-0.25, -0.2) is 4.98 Å². The quantitative estimate of drug-likeness (QED) is 0.717. The number of benzene rings is 2. The van der Waals surface area contributed by atoms with E-state index in [1.807, 2.05) is 44.2 Å². The van der Waals surface area contributed by atoms with Crippen LogP contribution >= 0.6 is 0 Å². The van der Waals surface area contributed by atoms with Crippen LogP contribution < -0.4 is 5.32 Å². The van der Waals surface area contributed by atoms with Crippen LogP contribution in [0.4, 0.5) is 5.69 Å². The zero-order chi connectivity index (χ0) is 17.5. The highest BCUT2D eigenvalue weighted by molar-refractivity contribution is 6.06. The van der Waals surface area contributed by atoms with Crippen molar-refractivity contribution in [3.63, 3.8) is 0 Å². The molecule has 4 heteroatoms. The van der Waals surface area contributed by atoms with Crippen molar-refractivity contribution < 1.29 is 4.79 Å². The van der Waals surface area contributed by atoms with Crippen LogP contribution in [-0.4, -0.2) is 15.9 Å². The van der Waals surface area contributed by atoms with Crippen molar-refractivity contribution in [2.45, 2.75) is 40.0 Å². The van der Waals surface area contributed by atoms with Crippen molar-refractivity contribution in [3.05, 3.63) is 58.9 Å². The van der Waals surface area contributed by atoms with E-state index in [0.717, 1.165) is 28.1 Å². The number of imidazole rings is 1. The van der Waals surface area contributed by atoms with Crippen LogP contribution in [0, 0.1) is 13.8 Å². The predicted octanol–water partition coefficient (Wildman–Crippen LogP) is 4.73. The molecule has 1 aromatic heterocycles. The lowest BCUT2D eigenvalue weighted by Crippen LogP contribution is -2.16. The molecule has 0 unspecified atom stereocenters. The Kier molecular flexibility index (Phi) is 3.91. The van der Waals surface area contributed by atoms with Gasteiger partial charge in [0.05, 0.1) is 11.0 Å². The van der Waals surface area contributed by atoms with Crippen LogP contribution in [0.2, 0.25) is 0 Å². The van der Waals surface area contributed by atoms with E-state index in [1.54, 1.807) is 0 Å². The van der Waals surface area contributed by atoms with Crippen molar-refractivity contribution in [1.82, 2.24) is 9.97 Å². The topological polar surface area (TPSA) is 57.8 Å². The Morgan fingerprint density at radius 2 is 1.83 bits per heavy atom. The molecule has 0 saturated carbocycles. The van der Waals surface area contributed by atoms with E-state index in [9.17, 15) is 4.79 Å². The molecule has 0 radical (unpaired) electrons. The van der Waals surface area contributed by atoms with Crippen LogP contribution in [0.1, 0.15) is 48.1 Å². The number of H-pyrrole nitrogens is 1. The Bertz CT molecular complexity index is 916. The monoisotopic (exact) mass is 321 g/mol. The van der Waals surface area contributed by atoms with E-state index in [2.05, 4.69) is 42.1 Å². The van der Waals surface area contributed by atoms with Gasteiger partial charge in [-0.15, -0.1) is 0 Å². The van der Waals surface area contributed by atoms with Crippen LogP contribution in [0.25, 0.3) is 11.0 Å². The maximum Gasteiger partial charge on any atom is 0.255 e. The minimum atomic E-state index is -0.0976. The average molecular weight is 321 g/mol. The molecule has 24 heavy (non-hydrogen) atoms. The van der Waals surface area contributed by atoms with Gasteiger partial charge >= 0.3 is 0 Å². The Balaban J connectivity index is 1.85. The number of rotatable bonds is 2. The number of hydrogen-bond acceptors (Lipinski definition) is 2. The molecule has 3 rings (SSSR count). The van der Waals surface area contributed by atoms with Gasteiger partial charge in [-0.2, -0.15) is 0 Å². The maximum atomic E-state index is 12.6. The first kappa shape index (κ1) is 16.2. The normalized spacial score (nSPS) is 11.7. The highest BCUT2D eigenvalue weighted by Crippen LogP contribution is 2.25. The van der Waals surface area contributed by atoms with Gasteiger partial charge in [0.2, 0.25) is 0 Å². The zero-order valence-corrected chi connectivity index (χ0v) is 14.8. The smallest absolute Gasteiger partial charge is 0.255 e. The molecule has 1 amide bonds. The van der Waals surface area contributed by atoms with Gasteiger partial charge in [0.15, 0.2) is 0 Å². The predicted molar refractivity (Wildman–Crippen MR) is 98.7 cm³/mol. The van der Waals surface area contributed by atoms with Crippen molar-refractivity contribution in [3.8, 4) is 0 Å². The summed E-state index contributed by atoms with van der Waals surface area (Å²) >= 11 is 0. The van der Waals surface area contributed by atoms with E-state index in [4.69, 9.17) is 0 Å². The molecule has 0 saturated heterocycles. The fraction of sp³-hybridized carbons (Fsp3) is 0.300. The molecule has 0 fully saturated rings. The molecule has 0 spiro atoms. The summed E-state index contributed by atoms with van der Waals surface area (Å²) in [4.78, 5) is 20.2. The molecule has 2 N–H and O–H groups in total. The highest BCUT2D eigenvalue weighted by Gasteiger charge is 2.17. The van der Waals surface area contributed by atoms with E-state index in [1.165, 1.54) is 5.56 Å². The maximum absolute atomic E-state index is 12.6. The first-order chi connectivity index (χ1) is 11.2. The summed E-state index contributed by atoms with van der Waals surface area (Å²) in [6.07, 6.45) is 0. The summed E-state index contributed by atoms with van der Waals surface area (Å²) in [5, 5.41) is 2.97. The molecule has 3 aromatic rings. The van der Waals surface area contributed by atoms with Gasteiger partial charge in [-0.1, -0.05) is 32.9 Å². The Hall–Kier alpha value is -2.62. The number of aryl methyl sites for hydroxylation is 2. The number of carbonyl (C=O) groups excluding carboxylic acids is 1. The van der Waals surface area contributed by atoms with Gasteiger partial charge in [0.25, 0.3) is 5.91 Å². The zero-order valence-electron chi connectivity index (χ0n) is 14.8. The van der Waals surface area contributed by atoms with Crippen LogP contribution in [0.3, 0.4) is 0 Å². The molecular weight excluding hydrogens is 298 g/mol. The van der Waals surface area contributed by atoms with E-state index in [-0.39, 0.29) is 11.3 Å². The molecule has 124 valence electrons. The number of carbonyl (C=O) groups is 1. The van der Waals surface area contributed by atoms with Crippen molar-refractivity contribution in [1.29, 1.82) is 0 Å². The Morgan fingerprint density at radius 3 is 2.50 bits per heavy atom. The summed E-state index contributed by atoms with van der Waals surface area (Å²) in [5.74, 6) is 0.765. The number of hydrogen-bond donors (Lipinski definition) is 2. The van der Waals surface area contributed by atoms with E-state index < -0.39 is 0 Å². The summed E-state index contributed by atoms with van der Waals surface area (Å²) < 4.78 is 0. The number of nitrogens with one attached hydrogen (secondary N) is 2. The molecule has 0 bridgehead atoms. The number of aromatic nitrogens is 2. The standard InChI is InChI=1S/C20H23N3O/c1-12-10-14(20(3,4)5)6-8-16(12)19(24)23-15-7-9-17-18(11-15)22-13(2)21-17/h6-11H,1-5H3,(H,21,22)(H,23,24). The number of fused-ring (bicyclic) bond motifs is 1. The molecule has 0 atom stereocenters. The third kappa shape index (κ3) is 3.18. The number of aromatic amines is 1. The average Bonchev–Trinajstić information content (AvgIpc) is 2.85. The lowest BCUT2D eigenvalue weighted by atomic mass is 9.85. The number of nitrogens with zero attached hydrogens (tertiary/aromatic N) is 1. The second kappa shape index (κ2) is 5.78. The fourth-order valence-electron chi connectivity index (χ4n) is 2.79. The van der Waals surface area contributed by atoms with Crippen LogP contribution in [-0.2, 0) is 5.41 Å². The van der Waals surface area contributed by atoms with Gasteiger partial charge in [0.1, 0.15) is 5.82 Å². The number of anilines is 1. The van der Waals surface area contributed by atoms with Crippen molar-refractivity contribution >= 4 is 22.6 Å². The van der Waals surface area contributed by atoms with E-state index >= 15 is 0 Å². The Labute approximate surface area is 142 Å². The molecule has 0 aliphatic heterocycles. The molecule has 0 aliphatic rings. The second-order valence-electron chi connectivity index (χ2n) is 7.29. The van der Waals surface area contributed by atoms with Gasteiger partial charge in [0, 0.05) is 11.3 Å². The molecular formula is C20H23N3O. The molecule has 1 heterocycles. The van der Waals surface area contributed by atoms with Gasteiger partial charge < -0.3 is 10.3 Å². The second-order valence-corrected chi connectivity index (χ2v) is 7.29. The number of amides is 1. The Morgan fingerprint density at radius 1 is 1.08 bits per heavy atom. The molecule has 0 aliphatic carbocycles. The van der Waals surface area contributed by atoms with Crippen LogP contribution in [0.15, 0.2) is 36.4 Å². The van der Waals surface area contributed by atoms with Gasteiger partial charge in [-0.3, -0.25) is 4.79 Å². The third-order valence-electron chi connectivity index (χ3n) is 4.20. The fourth-order valence-corrected chi connectivity index (χ4v) is 2.79. The first-order valence-electron chi connectivity index (χ1n) is 8.13. The minimum absolute atomic E-state index is 0.0720. The largest absolute Gasteiger partial charge is 0.342 e. The summed E-state index contributed by atoms with van der Waals surface area (Å²) in [7, 11) is 0. The third-order valence-corrected chi connectivity index (χ3v) is 4.20. The van der Waals surface area contributed by atoms with Gasteiger partial charge in [-0.05, 0) is 54.7 Å². The summed E-state index contributed by atoms with van der Waals surface area (Å²) in [6.45, 7) is 10.4. The highest BCUT2D eigenvalue weighted by atomic mass is 16.1. The molecule has 2 aromatic carbocycles. The van der Waals surface area contributed by atoms with Crippen molar-refractivity contribution in [2.24, 2.45) is 0 Å². The summed E-state index contributed by atoms with van der Waals surface area (Å²) in [5.41, 5.74) is 5.55. The van der Waals surface area contributed by atoms with E-state index in [0.29, 0.717) is 5.56 Å². The SMILES string of the molecule is Cc1nc2cc(NC(=O)c3ccc(C(C)(C)C)cc3C)ccc2[nH]1. The first-order valence-corrected chi connectivity index (χ1v) is 8.13. The lowest BCUT2D eigenvalue weighted by molar-refractivity contribution is 0.102. The minimum Gasteiger partial charge on any atom is -0.342 e.